The molecular formula is C7H17NO2Si. The van der Waals surface area contributed by atoms with Crippen LogP contribution in [0.5, 0.6) is 0 Å². The molecule has 0 atom stereocenters. The van der Waals surface area contributed by atoms with Gasteiger partial charge in [-0.15, -0.1) is 0 Å². The molecule has 0 heterocycles. The minimum atomic E-state index is -1.16. The van der Waals surface area contributed by atoms with Crippen molar-refractivity contribution < 1.29 is 9.53 Å². The summed E-state index contributed by atoms with van der Waals surface area (Å²) in [5.41, 5.74) is 0. The molecule has 0 saturated heterocycles. The lowest BCUT2D eigenvalue weighted by Gasteiger charge is -2.15. The molecule has 4 heteroatoms. The molecule has 66 valence electrons. The van der Waals surface area contributed by atoms with E-state index < -0.39 is 8.07 Å². The fraction of sp³-hybridized carbons (Fsp3) is 0.857. The van der Waals surface area contributed by atoms with Crippen molar-refractivity contribution in [3.8, 4) is 0 Å². The monoisotopic (exact) mass is 175 g/mol. The lowest BCUT2D eigenvalue weighted by Crippen LogP contribution is -2.40. The summed E-state index contributed by atoms with van der Waals surface area (Å²) < 4.78 is 4.71. The Morgan fingerprint density at radius 2 is 2.00 bits per heavy atom. The summed E-state index contributed by atoms with van der Waals surface area (Å²) in [4.78, 5) is 10.8. The van der Waals surface area contributed by atoms with E-state index in [2.05, 4.69) is 25.0 Å². The minimum absolute atomic E-state index is 0.296. The Kier molecular flexibility index (Phi) is 4.18. The van der Waals surface area contributed by atoms with Crippen LogP contribution >= 0.6 is 0 Å². The van der Waals surface area contributed by atoms with Crippen molar-refractivity contribution in [1.82, 2.24) is 5.32 Å². The number of hydrogen-bond acceptors (Lipinski definition) is 2. The van der Waals surface area contributed by atoms with Crippen LogP contribution in [0.3, 0.4) is 0 Å². The van der Waals surface area contributed by atoms with Crippen LogP contribution < -0.4 is 5.32 Å². The second-order valence-electron chi connectivity index (χ2n) is 3.63. The lowest BCUT2D eigenvalue weighted by atomic mass is 10.9. The molecule has 0 spiro atoms. The van der Waals surface area contributed by atoms with Crippen molar-refractivity contribution in [3.05, 3.63) is 0 Å². The standard InChI is InChI=1S/C7H17NO2Si/c1-5-10-7(9)8-6-11(2,3)4/h5-6H2,1-4H3,(H,8,9). The van der Waals surface area contributed by atoms with E-state index in [1.165, 1.54) is 0 Å². The molecule has 0 unspecified atom stereocenters. The SMILES string of the molecule is CCOC(=O)NC[Si](C)(C)C. The van der Waals surface area contributed by atoms with Gasteiger partial charge in [-0.3, -0.25) is 0 Å². The number of carbonyl (C=O) groups excluding carboxylic acids is 1. The number of alkyl carbamates (subject to hydrolysis) is 1. The van der Waals surface area contributed by atoms with Crippen LogP contribution in [0.2, 0.25) is 19.6 Å². The van der Waals surface area contributed by atoms with Gasteiger partial charge in [0.1, 0.15) is 0 Å². The first-order valence-corrected chi connectivity index (χ1v) is 7.57. The topological polar surface area (TPSA) is 38.3 Å². The molecule has 3 nitrogen and oxygen atoms in total. The van der Waals surface area contributed by atoms with Crippen LogP contribution in [0, 0.1) is 0 Å². The van der Waals surface area contributed by atoms with E-state index >= 15 is 0 Å². The zero-order chi connectivity index (χ0) is 8.91. The zero-order valence-electron chi connectivity index (χ0n) is 7.73. The van der Waals surface area contributed by atoms with Gasteiger partial charge in [-0.1, -0.05) is 19.6 Å². The summed E-state index contributed by atoms with van der Waals surface area (Å²) in [6, 6.07) is 0. The summed E-state index contributed by atoms with van der Waals surface area (Å²) in [5, 5.41) is 2.72. The normalized spacial score (nSPS) is 10.9. The highest BCUT2D eigenvalue weighted by molar-refractivity contribution is 6.76. The van der Waals surface area contributed by atoms with Gasteiger partial charge in [-0.25, -0.2) is 4.79 Å². The number of amides is 1. The highest BCUT2D eigenvalue weighted by atomic mass is 28.3. The van der Waals surface area contributed by atoms with Gasteiger partial charge in [0, 0.05) is 6.17 Å². The predicted octanol–water partition coefficient (Wildman–Crippen LogP) is 1.61. The number of rotatable bonds is 3. The molecule has 0 aliphatic rings. The Bertz CT molecular complexity index is 131. The molecule has 1 amide bonds. The van der Waals surface area contributed by atoms with Gasteiger partial charge in [0.15, 0.2) is 0 Å². The maximum Gasteiger partial charge on any atom is 0.406 e. The summed E-state index contributed by atoms with van der Waals surface area (Å²) in [6.45, 7) is 8.82. The summed E-state index contributed by atoms with van der Waals surface area (Å²) in [6.07, 6.45) is 0.487. The van der Waals surface area contributed by atoms with Gasteiger partial charge in [0.2, 0.25) is 0 Å². The first-order chi connectivity index (χ1) is 4.95. The number of nitrogens with one attached hydrogen (secondary N) is 1. The average molecular weight is 175 g/mol. The average Bonchev–Trinajstić information content (AvgIpc) is 1.83. The maximum atomic E-state index is 10.8. The Morgan fingerprint density at radius 3 is 2.36 bits per heavy atom. The van der Waals surface area contributed by atoms with Gasteiger partial charge in [-0.05, 0) is 6.92 Å². The van der Waals surface area contributed by atoms with E-state index in [1.54, 1.807) is 6.92 Å². The molecule has 0 bridgehead atoms. The van der Waals surface area contributed by atoms with Crippen molar-refractivity contribution in [2.75, 3.05) is 12.8 Å². The third-order valence-corrected chi connectivity index (χ3v) is 2.28. The molecular weight excluding hydrogens is 158 g/mol. The molecule has 1 N–H and O–H groups in total. The van der Waals surface area contributed by atoms with Gasteiger partial charge >= 0.3 is 6.09 Å². The van der Waals surface area contributed by atoms with Crippen LogP contribution in [0.25, 0.3) is 0 Å². The van der Waals surface area contributed by atoms with Gasteiger partial charge in [0.05, 0.1) is 14.7 Å². The fourth-order valence-electron chi connectivity index (χ4n) is 0.519. The second-order valence-corrected chi connectivity index (χ2v) is 9.11. The summed E-state index contributed by atoms with van der Waals surface area (Å²) in [7, 11) is -1.16. The highest BCUT2D eigenvalue weighted by Crippen LogP contribution is 1.96. The predicted molar refractivity (Wildman–Crippen MR) is 48.4 cm³/mol. The number of carbonyl (C=O) groups is 1. The van der Waals surface area contributed by atoms with E-state index in [9.17, 15) is 4.79 Å². The Labute approximate surface area is 69.1 Å². The molecule has 0 rings (SSSR count). The molecule has 0 aromatic carbocycles. The molecule has 11 heavy (non-hydrogen) atoms. The molecule has 0 radical (unpaired) electrons. The second kappa shape index (κ2) is 4.38. The zero-order valence-corrected chi connectivity index (χ0v) is 8.73. The maximum absolute atomic E-state index is 10.8. The first kappa shape index (κ1) is 10.5. The number of ether oxygens (including phenoxy) is 1. The van der Waals surface area contributed by atoms with Crippen molar-refractivity contribution in [2.24, 2.45) is 0 Å². The largest absolute Gasteiger partial charge is 0.450 e. The Hall–Kier alpha value is -0.513. The van der Waals surface area contributed by atoms with Crippen LogP contribution in [-0.4, -0.2) is 26.9 Å². The van der Waals surface area contributed by atoms with Crippen molar-refractivity contribution >= 4 is 14.2 Å². The van der Waals surface area contributed by atoms with E-state index in [-0.39, 0.29) is 6.09 Å². The summed E-state index contributed by atoms with van der Waals surface area (Å²) in [5.74, 6) is 0. The first-order valence-electron chi connectivity index (χ1n) is 3.86. The molecule has 0 aromatic rings. The molecule has 0 aliphatic carbocycles. The van der Waals surface area contributed by atoms with Gasteiger partial charge in [0.25, 0.3) is 0 Å². The number of hydrogen-bond donors (Lipinski definition) is 1. The Morgan fingerprint density at radius 1 is 1.45 bits per heavy atom. The summed E-state index contributed by atoms with van der Waals surface area (Å²) >= 11 is 0. The van der Waals surface area contributed by atoms with Crippen molar-refractivity contribution in [3.63, 3.8) is 0 Å². The van der Waals surface area contributed by atoms with E-state index in [4.69, 9.17) is 4.74 Å². The third kappa shape index (κ3) is 7.38. The Balaban J connectivity index is 3.46. The van der Waals surface area contributed by atoms with Crippen molar-refractivity contribution in [2.45, 2.75) is 26.6 Å². The molecule has 0 saturated carbocycles. The minimum Gasteiger partial charge on any atom is -0.450 e. The lowest BCUT2D eigenvalue weighted by molar-refractivity contribution is 0.153. The van der Waals surface area contributed by atoms with E-state index in [1.807, 2.05) is 0 Å². The highest BCUT2D eigenvalue weighted by Gasteiger charge is 2.14. The van der Waals surface area contributed by atoms with Gasteiger partial charge in [-0.2, -0.15) is 0 Å². The van der Waals surface area contributed by atoms with Crippen LogP contribution in [0.4, 0.5) is 4.79 Å². The van der Waals surface area contributed by atoms with Crippen LogP contribution in [0.15, 0.2) is 0 Å². The van der Waals surface area contributed by atoms with Crippen LogP contribution in [0.1, 0.15) is 6.92 Å². The molecule has 0 aromatic heterocycles. The molecule has 0 fully saturated rings. The van der Waals surface area contributed by atoms with Crippen molar-refractivity contribution in [1.29, 1.82) is 0 Å². The van der Waals surface area contributed by atoms with E-state index in [0.29, 0.717) is 6.61 Å². The third-order valence-electron chi connectivity index (χ3n) is 1.04. The quantitative estimate of drug-likeness (QED) is 0.662. The fourth-order valence-corrected chi connectivity index (χ4v) is 1.19. The van der Waals surface area contributed by atoms with Gasteiger partial charge < -0.3 is 10.1 Å². The van der Waals surface area contributed by atoms with E-state index in [0.717, 1.165) is 6.17 Å². The van der Waals surface area contributed by atoms with Crippen LogP contribution in [-0.2, 0) is 4.74 Å². The smallest absolute Gasteiger partial charge is 0.406 e. The molecule has 0 aliphatic heterocycles.